The summed E-state index contributed by atoms with van der Waals surface area (Å²) in [7, 11) is 0. The molecule has 0 radical (unpaired) electrons. The van der Waals surface area contributed by atoms with Gasteiger partial charge in [0.05, 0.1) is 0 Å². The van der Waals surface area contributed by atoms with Crippen molar-refractivity contribution in [2.75, 3.05) is 13.1 Å². The zero-order chi connectivity index (χ0) is 11.4. The normalized spacial score (nSPS) is 17.6. The van der Waals surface area contributed by atoms with Crippen LogP contribution in [0.4, 0.5) is 4.39 Å². The van der Waals surface area contributed by atoms with Crippen LogP contribution < -0.4 is 5.32 Å². The monoisotopic (exact) mass is 221 g/mol. The summed E-state index contributed by atoms with van der Waals surface area (Å²) in [4.78, 5) is 0. The number of hydrogen-bond acceptors (Lipinski definition) is 1. The molecular weight excluding hydrogens is 201 g/mol. The van der Waals surface area contributed by atoms with Crippen molar-refractivity contribution in [3.05, 3.63) is 35.1 Å². The molecule has 2 heteroatoms. The van der Waals surface area contributed by atoms with Gasteiger partial charge in [-0.3, -0.25) is 0 Å². The molecule has 0 unspecified atom stereocenters. The summed E-state index contributed by atoms with van der Waals surface area (Å²) in [6, 6.07) is 5.12. The van der Waals surface area contributed by atoms with Crippen LogP contribution in [0.5, 0.6) is 0 Å². The van der Waals surface area contributed by atoms with Crippen LogP contribution in [0, 0.1) is 18.7 Å². The van der Waals surface area contributed by atoms with E-state index in [2.05, 4.69) is 12.2 Å². The van der Waals surface area contributed by atoms with Crippen molar-refractivity contribution < 1.29 is 4.39 Å². The summed E-state index contributed by atoms with van der Waals surface area (Å²) in [5, 5.41) is 3.37. The number of aryl methyl sites for hydroxylation is 2. The fourth-order valence-corrected chi connectivity index (χ4v) is 2.44. The van der Waals surface area contributed by atoms with E-state index in [1.807, 2.05) is 6.07 Å². The Bertz CT molecular complexity index is 343. The number of rotatable bonds is 3. The van der Waals surface area contributed by atoms with Crippen LogP contribution in [-0.2, 0) is 6.42 Å². The summed E-state index contributed by atoms with van der Waals surface area (Å²) in [6.07, 6.45) is 4.77. The fourth-order valence-electron chi connectivity index (χ4n) is 2.44. The molecule has 1 aromatic carbocycles. The molecular formula is C14H20FN. The molecule has 1 nitrogen and oxygen atoms in total. The summed E-state index contributed by atoms with van der Waals surface area (Å²) < 4.78 is 13.1. The third-order valence-electron chi connectivity index (χ3n) is 3.59. The molecule has 1 fully saturated rings. The minimum atomic E-state index is -0.106. The maximum atomic E-state index is 13.1. The molecule has 0 atom stereocenters. The van der Waals surface area contributed by atoms with E-state index in [9.17, 15) is 4.39 Å². The molecule has 88 valence electrons. The molecule has 0 amide bonds. The van der Waals surface area contributed by atoms with Crippen LogP contribution in [0.2, 0.25) is 0 Å². The van der Waals surface area contributed by atoms with E-state index in [1.165, 1.54) is 30.4 Å². The van der Waals surface area contributed by atoms with Crippen molar-refractivity contribution >= 4 is 0 Å². The van der Waals surface area contributed by atoms with Crippen molar-refractivity contribution in [3.8, 4) is 0 Å². The molecule has 2 rings (SSSR count). The molecule has 1 heterocycles. The van der Waals surface area contributed by atoms with Crippen molar-refractivity contribution in [1.29, 1.82) is 0 Å². The maximum Gasteiger partial charge on any atom is 0.123 e. The Hall–Kier alpha value is -0.890. The summed E-state index contributed by atoms with van der Waals surface area (Å²) in [5.41, 5.74) is 2.40. The van der Waals surface area contributed by atoms with Crippen molar-refractivity contribution in [3.63, 3.8) is 0 Å². The largest absolute Gasteiger partial charge is 0.317 e. The van der Waals surface area contributed by atoms with Crippen molar-refractivity contribution in [2.24, 2.45) is 5.92 Å². The summed E-state index contributed by atoms with van der Waals surface area (Å²) in [5.74, 6) is 0.717. The third-order valence-corrected chi connectivity index (χ3v) is 3.59. The van der Waals surface area contributed by atoms with Crippen LogP contribution in [0.25, 0.3) is 0 Å². The van der Waals surface area contributed by atoms with Crippen LogP contribution in [0.1, 0.15) is 30.4 Å². The van der Waals surface area contributed by atoms with Crippen molar-refractivity contribution in [1.82, 2.24) is 5.32 Å². The van der Waals surface area contributed by atoms with Gasteiger partial charge in [-0.15, -0.1) is 0 Å². The van der Waals surface area contributed by atoms with Gasteiger partial charge < -0.3 is 5.32 Å². The average Bonchev–Trinajstić information content (AvgIpc) is 2.32. The number of halogens is 1. The first-order valence-electron chi connectivity index (χ1n) is 6.21. The first-order chi connectivity index (χ1) is 7.75. The molecule has 16 heavy (non-hydrogen) atoms. The average molecular weight is 221 g/mol. The molecule has 1 aromatic rings. The van der Waals surface area contributed by atoms with Gasteiger partial charge in [-0.2, -0.15) is 0 Å². The van der Waals surface area contributed by atoms with Gasteiger partial charge in [0.25, 0.3) is 0 Å². The number of piperidine rings is 1. The van der Waals surface area contributed by atoms with Crippen LogP contribution in [0.15, 0.2) is 18.2 Å². The Labute approximate surface area is 97.1 Å². The molecule has 0 saturated carbocycles. The highest BCUT2D eigenvalue weighted by Gasteiger charge is 2.13. The first-order valence-corrected chi connectivity index (χ1v) is 6.21. The lowest BCUT2D eigenvalue weighted by atomic mass is 9.90. The van der Waals surface area contributed by atoms with Gasteiger partial charge in [0.15, 0.2) is 0 Å². The second-order valence-corrected chi connectivity index (χ2v) is 4.80. The molecule has 0 aliphatic carbocycles. The highest BCUT2D eigenvalue weighted by molar-refractivity contribution is 5.26. The smallest absolute Gasteiger partial charge is 0.123 e. The van der Waals surface area contributed by atoms with E-state index in [-0.39, 0.29) is 5.82 Å². The standard InChI is InChI=1S/C14H20FN/c1-11-2-5-14(15)10-13(11)4-3-12-6-8-16-9-7-12/h2,5,10,12,16H,3-4,6-9H2,1H3. The Morgan fingerprint density at radius 2 is 2.06 bits per heavy atom. The summed E-state index contributed by atoms with van der Waals surface area (Å²) in [6.45, 7) is 4.36. The van der Waals surface area contributed by atoms with Gasteiger partial charge in [0.2, 0.25) is 0 Å². The van der Waals surface area contributed by atoms with Crippen molar-refractivity contribution in [2.45, 2.75) is 32.6 Å². The van der Waals surface area contributed by atoms with Gasteiger partial charge in [-0.25, -0.2) is 4.39 Å². The highest BCUT2D eigenvalue weighted by atomic mass is 19.1. The van der Waals surface area contributed by atoms with E-state index in [4.69, 9.17) is 0 Å². The lowest BCUT2D eigenvalue weighted by Crippen LogP contribution is -2.27. The number of nitrogens with one attached hydrogen (secondary N) is 1. The third kappa shape index (κ3) is 3.05. The minimum Gasteiger partial charge on any atom is -0.317 e. The topological polar surface area (TPSA) is 12.0 Å². The second-order valence-electron chi connectivity index (χ2n) is 4.80. The van der Waals surface area contributed by atoms with Crippen LogP contribution in [-0.4, -0.2) is 13.1 Å². The zero-order valence-corrected chi connectivity index (χ0v) is 9.93. The van der Waals surface area contributed by atoms with E-state index in [1.54, 1.807) is 12.1 Å². The number of benzene rings is 1. The fraction of sp³-hybridized carbons (Fsp3) is 0.571. The molecule has 1 aliphatic heterocycles. The second kappa shape index (κ2) is 5.44. The maximum absolute atomic E-state index is 13.1. The van der Waals surface area contributed by atoms with Gasteiger partial charge in [-0.05, 0) is 74.9 Å². The van der Waals surface area contributed by atoms with Crippen LogP contribution in [0.3, 0.4) is 0 Å². The predicted octanol–water partition coefficient (Wildman–Crippen LogP) is 3.07. The molecule has 0 bridgehead atoms. The van der Waals surface area contributed by atoms with Gasteiger partial charge in [-0.1, -0.05) is 6.07 Å². The van der Waals surface area contributed by atoms with Gasteiger partial charge >= 0.3 is 0 Å². The SMILES string of the molecule is Cc1ccc(F)cc1CCC1CCNCC1. The van der Waals surface area contributed by atoms with E-state index in [0.29, 0.717) is 0 Å². The van der Waals surface area contributed by atoms with E-state index < -0.39 is 0 Å². The van der Waals surface area contributed by atoms with E-state index in [0.717, 1.165) is 25.4 Å². The molecule has 1 aliphatic rings. The highest BCUT2D eigenvalue weighted by Crippen LogP contribution is 2.20. The predicted molar refractivity (Wildman–Crippen MR) is 65.1 cm³/mol. The number of hydrogen-bond donors (Lipinski definition) is 1. The zero-order valence-electron chi connectivity index (χ0n) is 9.93. The van der Waals surface area contributed by atoms with Crippen LogP contribution >= 0.6 is 0 Å². The lowest BCUT2D eigenvalue weighted by molar-refractivity contribution is 0.354. The Morgan fingerprint density at radius 3 is 2.81 bits per heavy atom. The minimum absolute atomic E-state index is 0.106. The first kappa shape index (κ1) is 11.6. The molecule has 0 aromatic heterocycles. The molecule has 1 N–H and O–H groups in total. The Kier molecular flexibility index (Phi) is 3.94. The molecule has 1 saturated heterocycles. The Balaban J connectivity index is 1.90. The van der Waals surface area contributed by atoms with Gasteiger partial charge in [0, 0.05) is 0 Å². The van der Waals surface area contributed by atoms with Gasteiger partial charge in [0.1, 0.15) is 5.82 Å². The van der Waals surface area contributed by atoms with E-state index >= 15 is 0 Å². The summed E-state index contributed by atoms with van der Waals surface area (Å²) >= 11 is 0. The Morgan fingerprint density at radius 1 is 1.31 bits per heavy atom. The molecule has 0 spiro atoms. The lowest BCUT2D eigenvalue weighted by Gasteiger charge is -2.22. The quantitative estimate of drug-likeness (QED) is 0.827.